The summed E-state index contributed by atoms with van der Waals surface area (Å²) in [7, 11) is 0. The van der Waals surface area contributed by atoms with Gasteiger partial charge in [0.05, 0.1) is 12.4 Å². The molecular formula is C22H24N4O. The molecule has 0 aliphatic rings. The summed E-state index contributed by atoms with van der Waals surface area (Å²) < 4.78 is 0. The van der Waals surface area contributed by atoms with Crippen molar-refractivity contribution in [2.75, 3.05) is 11.4 Å². The van der Waals surface area contributed by atoms with E-state index < -0.39 is 0 Å². The Morgan fingerprint density at radius 2 is 1.67 bits per heavy atom. The fourth-order valence-electron chi connectivity index (χ4n) is 2.73. The first-order chi connectivity index (χ1) is 13.3. The maximum atomic E-state index is 12.1. The van der Waals surface area contributed by atoms with Gasteiger partial charge in [0.25, 0.3) is 5.91 Å². The molecular weight excluding hydrogens is 336 g/mol. The average Bonchev–Trinajstić information content (AvgIpc) is 2.74. The molecule has 0 saturated heterocycles. The van der Waals surface area contributed by atoms with E-state index in [-0.39, 0.29) is 5.91 Å². The van der Waals surface area contributed by atoms with Crippen molar-refractivity contribution in [1.82, 2.24) is 15.3 Å². The topological polar surface area (TPSA) is 58.1 Å². The van der Waals surface area contributed by atoms with Crippen molar-refractivity contribution >= 4 is 17.4 Å². The molecule has 0 radical (unpaired) electrons. The fraction of sp³-hybridized carbons (Fsp3) is 0.227. The highest BCUT2D eigenvalue weighted by molar-refractivity contribution is 5.92. The van der Waals surface area contributed by atoms with Crippen LogP contribution in [-0.4, -0.2) is 22.4 Å². The molecule has 3 rings (SSSR count). The standard InChI is InChI=1S/C22H24N4O/c1-2-3-14-23-22(27)20-15-25-21(16-24-20)26(19-12-8-5-9-13-19)17-18-10-6-4-7-11-18/h4-13,15-16H,2-3,14,17H2,1H3,(H,23,27). The second-order valence-corrected chi connectivity index (χ2v) is 6.28. The molecule has 0 aliphatic heterocycles. The van der Waals surface area contributed by atoms with Crippen molar-refractivity contribution in [3.63, 3.8) is 0 Å². The van der Waals surface area contributed by atoms with Gasteiger partial charge in [0.2, 0.25) is 0 Å². The smallest absolute Gasteiger partial charge is 0.271 e. The first kappa shape index (κ1) is 18.6. The number of nitrogens with zero attached hydrogens (tertiary/aromatic N) is 3. The Labute approximate surface area is 160 Å². The molecule has 5 heteroatoms. The zero-order chi connectivity index (χ0) is 18.9. The highest BCUT2D eigenvalue weighted by Crippen LogP contribution is 2.25. The summed E-state index contributed by atoms with van der Waals surface area (Å²) in [6, 6.07) is 20.3. The second kappa shape index (κ2) is 9.48. The van der Waals surface area contributed by atoms with Crippen LogP contribution in [0.4, 0.5) is 11.5 Å². The molecule has 0 aliphatic carbocycles. The van der Waals surface area contributed by atoms with Gasteiger partial charge in [0.15, 0.2) is 5.82 Å². The number of amides is 1. The van der Waals surface area contributed by atoms with Gasteiger partial charge in [-0.2, -0.15) is 0 Å². The van der Waals surface area contributed by atoms with Crippen molar-refractivity contribution in [3.05, 3.63) is 84.3 Å². The maximum Gasteiger partial charge on any atom is 0.271 e. The minimum Gasteiger partial charge on any atom is -0.351 e. The fourth-order valence-corrected chi connectivity index (χ4v) is 2.73. The van der Waals surface area contributed by atoms with Crippen LogP contribution >= 0.6 is 0 Å². The highest BCUT2D eigenvalue weighted by Gasteiger charge is 2.14. The van der Waals surface area contributed by atoms with Gasteiger partial charge in [-0.1, -0.05) is 61.9 Å². The first-order valence-corrected chi connectivity index (χ1v) is 9.24. The summed E-state index contributed by atoms with van der Waals surface area (Å²) in [5.74, 6) is 0.520. The lowest BCUT2D eigenvalue weighted by Gasteiger charge is -2.23. The predicted octanol–water partition coefficient (Wildman–Crippen LogP) is 4.34. The van der Waals surface area contributed by atoms with E-state index in [1.54, 1.807) is 6.20 Å². The number of aromatic nitrogens is 2. The largest absolute Gasteiger partial charge is 0.351 e. The number of benzene rings is 2. The number of rotatable bonds is 8. The van der Waals surface area contributed by atoms with Crippen molar-refractivity contribution < 1.29 is 4.79 Å². The third kappa shape index (κ3) is 5.14. The number of anilines is 2. The molecule has 0 bridgehead atoms. The molecule has 1 N–H and O–H groups in total. The zero-order valence-corrected chi connectivity index (χ0v) is 15.5. The number of carbonyl (C=O) groups is 1. The Kier molecular flexibility index (Phi) is 6.52. The summed E-state index contributed by atoms with van der Waals surface area (Å²) in [5.41, 5.74) is 2.53. The zero-order valence-electron chi connectivity index (χ0n) is 15.5. The quantitative estimate of drug-likeness (QED) is 0.607. The van der Waals surface area contributed by atoms with Crippen LogP contribution in [0.1, 0.15) is 35.8 Å². The molecule has 1 heterocycles. The van der Waals surface area contributed by atoms with Crippen molar-refractivity contribution in [1.29, 1.82) is 0 Å². The Balaban J connectivity index is 1.81. The summed E-state index contributed by atoms with van der Waals surface area (Å²) in [6.07, 6.45) is 5.19. The van der Waals surface area contributed by atoms with Crippen LogP contribution in [0, 0.1) is 0 Å². The summed E-state index contributed by atoms with van der Waals surface area (Å²) in [5, 5.41) is 2.87. The number of hydrogen-bond donors (Lipinski definition) is 1. The molecule has 3 aromatic rings. The molecule has 0 atom stereocenters. The minimum atomic E-state index is -0.183. The summed E-state index contributed by atoms with van der Waals surface area (Å²) in [4.78, 5) is 23.1. The maximum absolute atomic E-state index is 12.1. The van der Waals surface area contributed by atoms with Crippen LogP contribution in [0.3, 0.4) is 0 Å². The first-order valence-electron chi connectivity index (χ1n) is 9.24. The van der Waals surface area contributed by atoms with Gasteiger partial charge in [0.1, 0.15) is 5.69 Å². The van der Waals surface area contributed by atoms with Crippen LogP contribution in [0.15, 0.2) is 73.1 Å². The lowest BCUT2D eigenvalue weighted by molar-refractivity contribution is 0.0948. The van der Waals surface area contributed by atoms with Gasteiger partial charge < -0.3 is 10.2 Å². The van der Waals surface area contributed by atoms with Gasteiger partial charge in [-0.25, -0.2) is 9.97 Å². The predicted molar refractivity (Wildman–Crippen MR) is 108 cm³/mol. The number of para-hydroxylation sites is 1. The van der Waals surface area contributed by atoms with E-state index in [0.717, 1.165) is 18.5 Å². The van der Waals surface area contributed by atoms with E-state index in [1.165, 1.54) is 11.8 Å². The van der Waals surface area contributed by atoms with Crippen LogP contribution in [0.5, 0.6) is 0 Å². The number of hydrogen-bond acceptors (Lipinski definition) is 4. The van der Waals surface area contributed by atoms with Gasteiger partial charge >= 0.3 is 0 Å². The molecule has 0 fully saturated rings. The number of unbranched alkanes of at least 4 members (excludes halogenated alkanes) is 1. The van der Waals surface area contributed by atoms with E-state index in [0.29, 0.717) is 24.6 Å². The van der Waals surface area contributed by atoms with Crippen LogP contribution in [-0.2, 0) is 6.54 Å². The number of carbonyl (C=O) groups excluding carboxylic acids is 1. The monoisotopic (exact) mass is 360 g/mol. The molecule has 138 valence electrons. The van der Waals surface area contributed by atoms with E-state index in [4.69, 9.17) is 0 Å². The van der Waals surface area contributed by atoms with Gasteiger partial charge in [-0.15, -0.1) is 0 Å². The van der Waals surface area contributed by atoms with Crippen molar-refractivity contribution in [2.45, 2.75) is 26.3 Å². The van der Waals surface area contributed by atoms with Crippen molar-refractivity contribution in [2.24, 2.45) is 0 Å². The molecule has 0 spiro atoms. The minimum absolute atomic E-state index is 0.183. The molecule has 5 nitrogen and oxygen atoms in total. The third-order valence-electron chi connectivity index (χ3n) is 4.21. The Morgan fingerprint density at radius 3 is 2.30 bits per heavy atom. The molecule has 27 heavy (non-hydrogen) atoms. The average molecular weight is 360 g/mol. The SMILES string of the molecule is CCCCNC(=O)c1cnc(N(Cc2ccccc2)c2ccccc2)cn1. The van der Waals surface area contributed by atoms with E-state index >= 15 is 0 Å². The lowest BCUT2D eigenvalue weighted by Crippen LogP contribution is -2.26. The van der Waals surface area contributed by atoms with Gasteiger partial charge in [0, 0.05) is 18.8 Å². The van der Waals surface area contributed by atoms with Crippen LogP contribution in [0.25, 0.3) is 0 Å². The Hall–Kier alpha value is -3.21. The lowest BCUT2D eigenvalue weighted by atomic mass is 10.2. The van der Waals surface area contributed by atoms with Crippen LogP contribution < -0.4 is 10.2 Å². The molecule has 0 unspecified atom stereocenters. The Bertz CT molecular complexity index is 835. The van der Waals surface area contributed by atoms with Gasteiger partial charge in [-0.3, -0.25) is 4.79 Å². The molecule has 1 aromatic heterocycles. The van der Waals surface area contributed by atoms with E-state index in [9.17, 15) is 4.79 Å². The van der Waals surface area contributed by atoms with Crippen molar-refractivity contribution in [3.8, 4) is 0 Å². The third-order valence-corrected chi connectivity index (χ3v) is 4.21. The highest BCUT2D eigenvalue weighted by atomic mass is 16.1. The van der Waals surface area contributed by atoms with Crippen LogP contribution in [0.2, 0.25) is 0 Å². The normalized spacial score (nSPS) is 10.4. The number of nitrogens with one attached hydrogen (secondary N) is 1. The second-order valence-electron chi connectivity index (χ2n) is 6.28. The molecule has 0 saturated carbocycles. The van der Waals surface area contributed by atoms with Gasteiger partial charge in [-0.05, 0) is 24.1 Å². The Morgan fingerprint density at radius 1 is 0.963 bits per heavy atom. The van der Waals surface area contributed by atoms with E-state index in [1.807, 2.05) is 48.5 Å². The summed E-state index contributed by atoms with van der Waals surface area (Å²) in [6.45, 7) is 3.41. The van der Waals surface area contributed by atoms with E-state index in [2.05, 4.69) is 39.2 Å². The summed E-state index contributed by atoms with van der Waals surface area (Å²) >= 11 is 0. The molecule has 1 amide bonds. The molecule has 2 aromatic carbocycles.